The molecule has 0 fully saturated rings. The Morgan fingerprint density at radius 3 is 2.35 bits per heavy atom. The fraction of sp³-hybridized carbons (Fsp3) is 0.182. The van der Waals surface area contributed by atoms with Crippen LogP contribution in [0.4, 0.5) is 0 Å². The van der Waals surface area contributed by atoms with Gasteiger partial charge >= 0.3 is 0 Å². The van der Waals surface area contributed by atoms with Crippen LogP contribution < -0.4 is 10.6 Å². The average molecular weight is 346 g/mol. The maximum atomic E-state index is 12.5. The van der Waals surface area contributed by atoms with Gasteiger partial charge in [0.05, 0.1) is 0 Å². The van der Waals surface area contributed by atoms with Gasteiger partial charge in [0.25, 0.3) is 5.91 Å². The van der Waals surface area contributed by atoms with E-state index >= 15 is 0 Å². The topological polar surface area (TPSA) is 58.2 Å². The van der Waals surface area contributed by atoms with Gasteiger partial charge in [0.15, 0.2) is 0 Å². The van der Waals surface area contributed by atoms with Gasteiger partial charge < -0.3 is 10.6 Å². The fourth-order valence-corrected chi connectivity index (χ4v) is 3.03. The van der Waals surface area contributed by atoms with Gasteiger partial charge in [-0.25, -0.2) is 0 Å². The van der Waals surface area contributed by atoms with Crippen LogP contribution in [0.5, 0.6) is 0 Å². The second-order valence-corrected chi connectivity index (χ2v) is 6.13. The molecule has 4 heteroatoms. The summed E-state index contributed by atoms with van der Waals surface area (Å²) in [4.78, 5) is 25.1. The van der Waals surface area contributed by atoms with Crippen LogP contribution in [0, 0.1) is 0 Å². The first-order chi connectivity index (χ1) is 12.7. The van der Waals surface area contributed by atoms with Crippen molar-refractivity contribution in [1.29, 1.82) is 0 Å². The molecule has 0 saturated carbocycles. The van der Waals surface area contributed by atoms with Crippen LogP contribution in [-0.4, -0.2) is 24.4 Å². The highest BCUT2D eigenvalue weighted by molar-refractivity contribution is 5.98. The highest BCUT2D eigenvalue weighted by atomic mass is 16.2. The Morgan fingerprint density at radius 2 is 1.58 bits per heavy atom. The van der Waals surface area contributed by atoms with Crippen molar-refractivity contribution in [3.63, 3.8) is 0 Å². The van der Waals surface area contributed by atoms with Gasteiger partial charge in [0, 0.05) is 18.5 Å². The Morgan fingerprint density at radius 1 is 0.885 bits per heavy atom. The third-order valence-electron chi connectivity index (χ3n) is 4.31. The predicted molar refractivity (Wildman–Crippen MR) is 104 cm³/mol. The third-order valence-corrected chi connectivity index (χ3v) is 4.31. The molecule has 0 aliphatic carbocycles. The Hall–Kier alpha value is -3.14. The van der Waals surface area contributed by atoms with E-state index in [0.29, 0.717) is 18.5 Å². The molecule has 0 spiro atoms. The van der Waals surface area contributed by atoms with Gasteiger partial charge in [-0.2, -0.15) is 0 Å². The summed E-state index contributed by atoms with van der Waals surface area (Å²) in [5.74, 6) is -0.424. The molecule has 0 aromatic heterocycles. The lowest BCUT2D eigenvalue weighted by Gasteiger charge is -2.19. The van der Waals surface area contributed by atoms with Gasteiger partial charge in [-0.05, 0) is 35.4 Å². The van der Waals surface area contributed by atoms with E-state index < -0.39 is 6.04 Å². The molecular formula is C22H22N2O2. The van der Waals surface area contributed by atoms with Crippen LogP contribution in [0.15, 0.2) is 72.8 Å². The fourth-order valence-electron chi connectivity index (χ4n) is 3.03. The van der Waals surface area contributed by atoms with E-state index in [0.717, 1.165) is 16.3 Å². The summed E-state index contributed by atoms with van der Waals surface area (Å²) in [6.45, 7) is 2.39. The molecule has 4 nitrogen and oxygen atoms in total. The van der Waals surface area contributed by atoms with Gasteiger partial charge in [0.2, 0.25) is 5.91 Å². The number of likely N-dealkylation sites (N-methyl/N-ethyl adjacent to an activating group) is 1. The summed E-state index contributed by atoms with van der Waals surface area (Å²) in [7, 11) is 0. The monoisotopic (exact) mass is 346 g/mol. The van der Waals surface area contributed by atoms with Crippen LogP contribution in [0.3, 0.4) is 0 Å². The number of nitrogens with one attached hydrogen (secondary N) is 2. The summed E-state index contributed by atoms with van der Waals surface area (Å²) in [6.07, 6.45) is 0.436. The summed E-state index contributed by atoms with van der Waals surface area (Å²) >= 11 is 0. The maximum absolute atomic E-state index is 12.5. The lowest BCUT2D eigenvalue weighted by Crippen LogP contribution is -2.48. The van der Waals surface area contributed by atoms with Crippen molar-refractivity contribution in [2.24, 2.45) is 0 Å². The lowest BCUT2D eigenvalue weighted by atomic mass is 9.98. The molecule has 3 rings (SSSR count). The average Bonchev–Trinajstić information content (AvgIpc) is 2.68. The van der Waals surface area contributed by atoms with Gasteiger partial charge in [-0.1, -0.05) is 60.7 Å². The molecule has 1 atom stereocenters. The minimum atomic E-state index is -0.631. The molecule has 0 aliphatic rings. The highest BCUT2D eigenvalue weighted by Gasteiger charge is 2.22. The second kappa shape index (κ2) is 8.30. The first-order valence-electron chi connectivity index (χ1n) is 8.79. The molecule has 26 heavy (non-hydrogen) atoms. The molecule has 2 N–H and O–H groups in total. The maximum Gasteiger partial charge on any atom is 0.251 e. The van der Waals surface area contributed by atoms with E-state index in [-0.39, 0.29) is 11.8 Å². The first kappa shape index (κ1) is 17.7. The number of carbonyl (C=O) groups excluding carboxylic acids is 2. The van der Waals surface area contributed by atoms with Crippen molar-refractivity contribution >= 4 is 22.6 Å². The number of hydrogen-bond donors (Lipinski definition) is 2. The molecule has 2 amide bonds. The number of carbonyl (C=O) groups is 2. The number of hydrogen-bond acceptors (Lipinski definition) is 2. The van der Waals surface area contributed by atoms with E-state index in [1.54, 1.807) is 24.3 Å². The Balaban J connectivity index is 1.86. The molecule has 0 saturated heterocycles. The van der Waals surface area contributed by atoms with Crippen molar-refractivity contribution < 1.29 is 9.59 Å². The van der Waals surface area contributed by atoms with E-state index in [1.165, 1.54) is 0 Å². The van der Waals surface area contributed by atoms with Gasteiger partial charge in [0.1, 0.15) is 6.04 Å². The predicted octanol–water partition coefficient (Wildman–Crippen LogP) is 3.32. The van der Waals surface area contributed by atoms with Crippen molar-refractivity contribution in [1.82, 2.24) is 10.6 Å². The van der Waals surface area contributed by atoms with E-state index in [4.69, 9.17) is 0 Å². The molecule has 0 aliphatic heterocycles. The molecule has 0 radical (unpaired) electrons. The van der Waals surface area contributed by atoms with Crippen molar-refractivity contribution in [2.75, 3.05) is 6.54 Å². The van der Waals surface area contributed by atoms with E-state index in [1.807, 2.05) is 55.5 Å². The van der Waals surface area contributed by atoms with Crippen molar-refractivity contribution in [3.8, 4) is 0 Å². The molecule has 132 valence electrons. The summed E-state index contributed by atoms with van der Waals surface area (Å²) in [6, 6.07) is 22.4. The summed E-state index contributed by atoms with van der Waals surface area (Å²) in [5.41, 5.74) is 1.58. The quantitative estimate of drug-likeness (QED) is 0.719. The lowest BCUT2D eigenvalue weighted by molar-refractivity contribution is -0.122. The number of fused-ring (bicyclic) bond motifs is 1. The van der Waals surface area contributed by atoms with E-state index in [9.17, 15) is 9.59 Å². The first-order valence-corrected chi connectivity index (χ1v) is 8.79. The largest absolute Gasteiger partial charge is 0.355 e. The normalized spacial score (nSPS) is 11.7. The molecule has 3 aromatic rings. The number of benzene rings is 3. The minimum Gasteiger partial charge on any atom is -0.355 e. The van der Waals surface area contributed by atoms with E-state index in [2.05, 4.69) is 10.6 Å². The molecule has 0 bridgehead atoms. The van der Waals surface area contributed by atoms with Gasteiger partial charge in [-0.3, -0.25) is 9.59 Å². The SMILES string of the molecule is CCNC(=O)C(Cc1cccc2ccccc12)NC(=O)c1ccccc1. The molecular weight excluding hydrogens is 324 g/mol. The zero-order valence-electron chi connectivity index (χ0n) is 14.7. The number of rotatable bonds is 6. The minimum absolute atomic E-state index is 0.176. The van der Waals surface area contributed by atoms with Crippen LogP contribution in [-0.2, 0) is 11.2 Å². The summed E-state index contributed by atoms with van der Waals surface area (Å²) in [5, 5.41) is 7.91. The molecule has 0 heterocycles. The zero-order chi connectivity index (χ0) is 18.4. The van der Waals surface area contributed by atoms with Crippen molar-refractivity contribution in [2.45, 2.75) is 19.4 Å². The standard InChI is InChI=1S/C22H22N2O2/c1-2-23-22(26)20(24-21(25)17-10-4-3-5-11-17)15-18-13-8-12-16-9-6-7-14-19(16)18/h3-14,20H,2,15H2,1H3,(H,23,26)(H,24,25). The van der Waals surface area contributed by atoms with Crippen LogP contribution in [0.2, 0.25) is 0 Å². The highest BCUT2D eigenvalue weighted by Crippen LogP contribution is 2.20. The number of amides is 2. The van der Waals surface area contributed by atoms with Crippen LogP contribution in [0.1, 0.15) is 22.8 Å². The Kier molecular flexibility index (Phi) is 5.64. The Bertz CT molecular complexity index is 901. The Labute approximate surface area is 153 Å². The second-order valence-electron chi connectivity index (χ2n) is 6.13. The van der Waals surface area contributed by atoms with Crippen LogP contribution in [0.25, 0.3) is 10.8 Å². The zero-order valence-corrected chi connectivity index (χ0v) is 14.7. The molecule has 1 unspecified atom stereocenters. The third kappa shape index (κ3) is 4.09. The van der Waals surface area contributed by atoms with Crippen molar-refractivity contribution in [3.05, 3.63) is 83.9 Å². The summed E-state index contributed by atoms with van der Waals surface area (Å²) < 4.78 is 0. The molecule has 3 aromatic carbocycles. The van der Waals surface area contributed by atoms with Gasteiger partial charge in [-0.15, -0.1) is 0 Å². The smallest absolute Gasteiger partial charge is 0.251 e. The van der Waals surface area contributed by atoms with Crippen LogP contribution >= 0.6 is 0 Å².